The van der Waals surface area contributed by atoms with Crippen LogP contribution in [0.3, 0.4) is 0 Å². The summed E-state index contributed by atoms with van der Waals surface area (Å²) in [6.45, 7) is 3.58. The van der Waals surface area contributed by atoms with Gasteiger partial charge in [0.1, 0.15) is 5.75 Å². The van der Waals surface area contributed by atoms with E-state index in [1.54, 1.807) is 11.3 Å². The van der Waals surface area contributed by atoms with Crippen LogP contribution in [-0.4, -0.2) is 30.5 Å². The van der Waals surface area contributed by atoms with Crippen molar-refractivity contribution in [2.45, 2.75) is 32.1 Å². The van der Waals surface area contributed by atoms with Crippen LogP contribution in [0.2, 0.25) is 0 Å². The highest BCUT2D eigenvalue weighted by molar-refractivity contribution is 7.08. The van der Waals surface area contributed by atoms with Gasteiger partial charge in [-0.25, -0.2) is 0 Å². The van der Waals surface area contributed by atoms with Gasteiger partial charge >= 0.3 is 5.97 Å². The Morgan fingerprint density at radius 3 is 2.65 bits per heavy atom. The van der Waals surface area contributed by atoms with Gasteiger partial charge in [-0.2, -0.15) is 0 Å². The molecule has 3 saturated heterocycles. The Hall–Kier alpha value is -0.870. The van der Waals surface area contributed by atoms with E-state index in [2.05, 4.69) is 4.90 Å². The minimum Gasteiger partial charge on any atom is -0.425 e. The number of carbonyl (C=O) groups is 1. The van der Waals surface area contributed by atoms with Crippen LogP contribution in [0.1, 0.15) is 32.1 Å². The number of esters is 1. The van der Waals surface area contributed by atoms with Crippen molar-refractivity contribution in [2.75, 3.05) is 19.6 Å². The molecule has 1 aromatic heterocycles. The summed E-state index contributed by atoms with van der Waals surface area (Å²) in [5.74, 6) is 2.05. The molecule has 1 aliphatic carbocycles. The van der Waals surface area contributed by atoms with Crippen molar-refractivity contribution in [3.05, 3.63) is 16.8 Å². The fraction of sp³-hybridized carbons (Fsp3) is 0.688. The van der Waals surface area contributed by atoms with E-state index in [4.69, 9.17) is 4.74 Å². The molecule has 1 saturated carbocycles. The topological polar surface area (TPSA) is 29.5 Å². The zero-order valence-corrected chi connectivity index (χ0v) is 12.5. The molecule has 5 rings (SSSR count). The molecule has 4 fully saturated rings. The van der Waals surface area contributed by atoms with E-state index in [1.165, 1.54) is 32.4 Å². The Labute approximate surface area is 123 Å². The first-order valence-electron chi connectivity index (χ1n) is 7.75. The second kappa shape index (κ2) is 4.85. The molecule has 0 radical (unpaired) electrons. The highest BCUT2D eigenvalue weighted by Crippen LogP contribution is 2.54. The number of piperidine rings is 3. The molecule has 0 aromatic carbocycles. The van der Waals surface area contributed by atoms with E-state index in [-0.39, 0.29) is 11.4 Å². The predicted molar refractivity (Wildman–Crippen MR) is 78.9 cm³/mol. The van der Waals surface area contributed by atoms with Gasteiger partial charge in [0.2, 0.25) is 0 Å². The lowest BCUT2D eigenvalue weighted by Crippen LogP contribution is -2.58. The summed E-state index contributed by atoms with van der Waals surface area (Å²) in [6, 6.07) is 1.89. The molecule has 0 spiro atoms. The minimum absolute atomic E-state index is 0.0425. The number of fused-ring (bicyclic) bond motifs is 3. The largest absolute Gasteiger partial charge is 0.425 e. The maximum atomic E-state index is 12.8. The lowest BCUT2D eigenvalue weighted by atomic mass is 9.55. The molecule has 4 aliphatic rings. The van der Waals surface area contributed by atoms with Crippen molar-refractivity contribution in [1.29, 1.82) is 0 Å². The summed E-state index contributed by atoms with van der Waals surface area (Å²) in [4.78, 5) is 15.3. The van der Waals surface area contributed by atoms with Crippen LogP contribution in [0.5, 0.6) is 5.75 Å². The number of thiophene rings is 1. The highest BCUT2D eigenvalue weighted by atomic mass is 32.1. The molecule has 3 aliphatic heterocycles. The third kappa shape index (κ3) is 1.92. The van der Waals surface area contributed by atoms with Crippen LogP contribution >= 0.6 is 11.3 Å². The van der Waals surface area contributed by atoms with Crippen LogP contribution in [-0.2, 0) is 4.79 Å². The molecule has 0 amide bonds. The zero-order chi connectivity index (χ0) is 13.6. The Morgan fingerprint density at radius 2 is 2.15 bits per heavy atom. The summed E-state index contributed by atoms with van der Waals surface area (Å²) in [5, 5.41) is 3.88. The van der Waals surface area contributed by atoms with E-state index in [1.807, 2.05) is 16.8 Å². The van der Waals surface area contributed by atoms with Crippen LogP contribution in [0.25, 0.3) is 0 Å². The fourth-order valence-electron chi connectivity index (χ4n) is 4.39. The van der Waals surface area contributed by atoms with E-state index < -0.39 is 0 Å². The second-order valence-corrected chi connectivity index (χ2v) is 7.38. The third-order valence-corrected chi connectivity index (χ3v) is 6.39. The van der Waals surface area contributed by atoms with Crippen LogP contribution in [0, 0.1) is 17.3 Å². The van der Waals surface area contributed by atoms with E-state index in [9.17, 15) is 4.79 Å². The van der Waals surface area contributed by atoms with Crippen molar-refractivity contribution < 1.29 is 9.53 Å². The van der Waals surface area contributed by atoms with Crippen molar-refractivity contribution in [1.82, 2.24) is 4.90 Å². The van der Waals surface area contributed by atoms with Gasteiger partial charge in [-0.1, -0.05) is 6.42 Å². The number of rotatable bonds is 3. The summed E-state index contributed by atoms with van der Waals surface area (Å²) in [7, 11) is 0. The molecule has 20 heavy (non-hydrogen) atoms. The smallest absolute Gasteiger partial charge is 0.317 e. The Balaban J connectivity index is 1.55. The maximum Gasteiger partial charge on any atom is 0.317 e. The summed E-state index contributed by atoms with van der Waals surface area (Å²) in [6.07, 6.45) is 5.80. The van der Waals surface area contributed by atoms with Gasteiger partial charge in [0, 0.05) is 11.9 Å². The summed E-state index contributed by atoms with van der Waals surface area (Å²) >= 11 is 1.58. The Kier molecular flexibility index (Phi) is 3.11. The van der Waals surface area contributed by atoms with E-state index in [0.29, 0.717) is 5.92 Å². The summed E-state index contributed by atoms with van der Waals surface area (Å²) < 4.78 is 5.68. The fourth-order valence-corrected chi connectivity index (χ4v) is 4.95. The number of hydrogen-bond donors (Lipinski definition) is 0. The number of carbonyl (C=O) groups excluding carboxylic acids is 1. The third-order valence-electron chi connectivity index (χ3n) is 5.72. The molecule has 1 aromatic rings. The zero-order valence-electron chi connectivity index (χ0n) is 11.7. The first-order valence-corrected chi connectivity index (χ1v) is 8.69. The molecule has 3 nitrogen and oxygen atoms in total. The standard InChI is InChI=1S/C16H21NO2S/c18-15(19-13-4-9-20-11-13)16(5-1-6-16)14-10-17-7-2-12(14)3-8-17/h4,9,11-12,14H,1-3,5-8,10H2. The van der Waals surface area contributed by atoms with Gasteiger partial charge < -0.3 is 9.64 Å². The maximum absolute atomic E-state index is 12.8. The lowest BCUT2D eigenvalue weighted by molar-refractivity contribution is -0.165. The van der Waals surface area contributed by atoms with Gasteiger partial charge in [0.15, 0.2) is 0 Å². The Bertz CT molecular complexity index is 487. The average molecular weight is 291 g/mol. The molecular formula is C16H21NO2S. The highest BCUT2D eigenvalue weighted by Gasteiger charge is 2.56. The molecule has 4 heteroatoms. The van der Waals surface area contributed by atoms with Crippen molar-refractivity contribution in [3.63, 3.8) is 0 Å². The molecule has 2 bridgehead atoms. The van der Waals surface area contributed by atoms with Crippen LogP contribution in [0.4, 0.5) is 0 Å². The van der Waals surface area contributed by atoms with E-state index in [0.717, 1.165) is 31.1 Å². The van der Waals surface area contributed by atoms with Crippen LogP contribution in [0.15, 0.2) is 16.8 Å². The second-order valence-electron chi connectivity index (χ2n) is 6.60. The first-order chi connectivity index (χ1) is 9.78. The lowest BCUT2D eigenvalue weighted by Gasteiger charge is -2.55. The van der Waals surface area contributed by atoms with Crippen molar-refractivity contribution in [2.24, 2.45) is 17.3 Å². The van der Waals surface area contributed by atoms with Crippen LogP contribution < -0.4 is 4.74 Å². The first kappa shape index (κ1) is 12.8. The van der Waals surface area contributed by atoms with E-state index >= 15 is 0 Å². The van der Waals surface area contributed by atoms with Gasteiger partial charge in [-0.05, 0) is 62.1 Å². The number of ether oxygens (including phenoxy) is 1. The predicted octanol–water partition coefficient (Wildman–Crippen LogP) is 3.17. The number of nitrogens with zero attached hydrogens (tertiary/aromatic N) is 1. The van der Waals surface area contributed by atoms with Gasteiger partial charge in [-0.15, -0.1) is 11.3 Å². The SMILES string of the molecule is O=C(Oc1ccsc1)C1(C2CN3CCC2CC3)CCC1. The Morgan fingerprint density at radius 1 is 1.35 bits per heavy atom. The summed E-state index contributed by atoms with van der Waals surface area (Å²) in [5.41, 5.74) is -0.175. The van der Waals surface area contributed by atoms with Gasteiger partial charge in [0.05, 0.1) is 5.41 Å². The molecule has 108 valence electrons. The quantitative estimate of drug-likeness (QED) is 0.801. The van der Waals surface area contributed by atoms with Crippen molar-refractivity contribution in [3.8, 4) is 5.75 Å². The molecule has 4 heterocycles. The van der Waals surface area contributed by atoms with Gasteiger partial charge in [0.25, 0.3) is 0 Å². The number of hydrogen-bond acceptors (Lipinski definition) is 4. The monoisotopic (exact) mass is 291 g/mol. The molecule has 1 atom stereocenters. The molecule has 0 N–H and O–H groups in total. The van der Waals surface area contributed by atoms with Gasteiger partial charge in [-0.3, -0.25) is 4.79 Å². The normalized spacial score (nSPS) is 34.5. The molecular weight excluding hydrogens is 270 g/mol. The average Bonchev–Trinajstić information content (AvgIpc) is 2.92. The minimum atomic E-state index is -0.175. The molecule has 1 unspecified atom stereocenters. The van der Waals surface area contributed by atoms with Crippen molar-refractivity contribution >= 4 is 17.3 Å².